The lowest BCUT2D eigenvalue weighted by molar-refractivity contribution is -0.137. The largest absolute Gasteiger partial charge is 0.416 e. The predicted octanol–water partition coefficient (Wildman–Crippen LogP) is 2.47. The fourth-order valence-electron chi connectivity index (χ4n) is 3.16. The molecule has 3 rings (SSSR count). The van der Waals surface area contributed by atoms with Crippen LogP contribution in [-0.4, -0.2) is 62.5 Å². The number of piperazine rings is 1. The van der Waals surface area contributed by atoms with Gasteiger partial charge in [0.2, 0.25) is 10.0 Å². The summed E-state index contributed by atoms with van der Waals surface area (Å²) in [7, 11) is -3.58. The molecular formula is C21H23F3N4O3S. The fourth-order valence-corrected chi connectivity index (χ4v) is 4.58. The molecule has 11 heteroatoms. The third kappa shape index (κ3) is 6.15. The van der Waals surface area contributed by atoms with E-state index in [1.54, 1.807) is 24.3 Å². The number of rotatable bonds is 6. The first-order chi connectivity index (χ1) is 15.1. The van der Waals surface area contributed by atoms with E-state index in [2.05, 4.69) is 10.5 Å². The second-order valence-corrected chi connectivity index (χ2v) is 9.34. The van der Waals surface area contributed by atoms with Crippen molar-refractivity contribution in [3.63, 3.8) is 0 Å². The Morgan fingerprint density at radius 2 is 1.62 bits per heavy atom. The molecule has 2 aromatic rings. The third-order valence-corrected chi connectivity index (χ3v) is 6.91. The van der Waals surface area contributed by atoms with Crippen LogP contribution in [0.5, 0.6) is 0 Å². The molecule has 1 fully saturated rings. The van der Waals surface area contributed by atoms with Crippen LogP contribution in [0.3, 0.4) is 0 Å². The maximum atomic E-state index is 12.7. The van der Waals surface area contributed by atoms with E-state index < -0.39 is 27.7 Å². The summed E-state index contributed by atoms with van der Waals surface area (Å²) >= 11 is 0. The topological polar surface area (TPSA) is 82.1 Å². The van der Waals surface area contributed by atoms with Crippen molar-refractivity contribution >= 4 is 22.1 Å². The quantitative estimate of drug-likeness (QED) is 0.522. The third-order valence-electron chi connectivity index (χ3n) is 5.00. The van der Waals surface area contributed by atoms with Gasteiger partial charge >= 0.3 is 6.18 Å². The number of nitrogens with zero attached hydrogens (tertiary/aromatic N) is 3. The zero-order chi connectivity index (χ0) is 23.4. The van der Waals surface area contributed by atoms with Crippen LogP contribution in [0.1, 0.15) is 16.7 Å². The summed E-state index contributed by atoms with van der Waals surface area (Å²) in [6.45, 7) is 3.22. The highest BCUT2D eigenvalue weighted by Crippen LogP contribution is 2.28. The maximum Gasteiger partial charge on any atom is 0.416 e. The number of alkyl halides is 3. The number of halogens is 3. The van der Waals surface area contributed by atoms with Crippen molar-refractivity contribution in [2.45, 2.75) is 18.0 Å². The Balaban J connectivity index is 1.46. The second-order valence-electron chi connectivity index (χ2n) is 7.41. The molecule has 0 unspecified atom stereocenters. The first-order valence-electron chi connectivity index (χ1n) is 9.84. The zero-order valence-electron chi connectivity index (χ0n) is 17.3. The monoisotopic (exact) mass is 468 g/mol. The number of amides is 1. The van der Waals surface area contributed by atoms with Gasteiger partial charge in [-0.15, -0.1) is 0 Å². The van der Waals surface area contributed by atoms with Crippen molar-refractivity contribution in [3.05, 3.63) is 65.2 Å². The molecule has 0 radical (unpaired) electrons. The van der Waals surface area contributed by atoms with Gasteiger partial charge in [-0.2, -0.15) is 22.6 Å². The summed E-state index contributed by atoms with van der Waals surface area (Å²) in [6.07, 6.45) is -3.16. The van der Waals surface area contributed by atoms with E-state index in [0.29, 0.717) is 18.7 Å². The molecule has 1 N–H and O–H groups in total. The van der Waals surface area contributed by atoms with Crippen molar-refractivity contribution < 1.29 is 26.4 Å². The van der Waals surface area contributed by atoms with Crippen molar-refractivity contribution in [2.75, 3.05) is 32.7 Å². The molecule has 1 heterocycles. The Kier molecular flexibility index (Phi) is 7.32. The summed E-state index contributed by atoms with van der Waals surface area (Å²) in [6, 6.07) is 11.1. The van der Waals surface area contributed by atoms with E-state index in [-0.39, 0.29) is 24.5 Å². The number of hydrogen-bond acceptors (Lipinski definition) is 5. The van der Waals surface area contributed by atoms with E-state index in [4.69, 9.17) is 0 Å². The van der Waals surface area contributed by atoms with Crippen LogP contribution in [0.15, 0.2) is 58.5 Å². The van der Waals surface area contributed by atoms with Crippen LogP contribution in [0.2, 0.25) is 0 Å². The van der Waals surface area contributed by atoms with Gasteiger partial charge in [-0.25, -0.2) is 13.8 Å². The molecule has 0 atom stereocenters. The molecule has 1 aliphatic heterocycles. The molecule has 1 saturated heterocycles. The van der Waals surface area contributed by atoms with Crippen molar-refractivity contribution in [1.29, 1.82) is 0 Å². The van der Waals surface area contributed by atoms with E-state index in [1.807, 2.05) is 11.8 Å². The lowest BCUT2D eigenvalue weighted by atomic mass is 10.1. The minimum absolute atomic E-state index is 0.0305. The highest BCUT2D eigenvalue weighted by Gasteiger charge is 2.30. The molecule has 32 heavy (non-hydrogen) atoms. The van der Waals surface area contributed by atoms with Crippen molar-refractivity contribution in [2.24, 2.45) is 5.10 Å². The average molecular weight is 469 g/mol. The van der Waals surface area contributed by atoms with Gasteiger partial charge in [0.15, 0.2) is 0 Å². The first-order valence-corrected chi connectivity index (χ1v) is 11.3. The zero-order valence-corrected chi connectivity index (χ0v) is 18.2. The Labute approximate surface area is 184 Å². The second kappa shape index (κ2) is 9.80. The van der Waals surface area contributed by atoms with Crippen LogP contribution in [0, 0.1) is 6.92 Å². The summed E-state index contributed by atoms with van der Waals surface area (Å²) in [5.74, 6) is -0.400. The highest BCUT2D eigenvalue weighted by molar-refractivity contribution is 7.89. The van der Waals surface area contributed by atoms with Gasteiger partial charge in [0.25, 0.3) is 5.91 Å². The van der Waals surface area contributed by atoms with Crippen molar-refractivity contribution in [1.82, 2.24) is 14.6 Å². The predicted molar refractivity (Wildman–Crippen MR) is 114 cm³/mol. The SMILES string of the molecule is Cc1ccc(S(=O)(=O)N2CCN(CC(=O)N/N=C\c3ccc(C(F)(F)F)cc3)CC2)cc1. The number of carbonyl (C=O) groups excluding carboxylic acids is 1. The molecule has 0 spiro atoms. The van der Waals surface area contributed by atoms with E-state index in [1.165, 1.54) is 22.7 Å². The molecule has 2 aromatic carbocycles. The van der Waals surface area contributed by atoms with E-state index >= 15 is 0 Å². The van der Waals surface area contributed by atoms with Gasteiger partial charge in [0, 0.05) is 26.2 Å². The minimum Gasteiger partial charge on any atom is -0.292 e. The van der Waals surface area contributed by atoms with Crippen LogP contribution in [-0.2, 0) is 21.0 Å². The molecule has 1 amide bonds. The molecule has 0 aromatic heterocycles. The van der Waals surface area contributed by atoms with Gasteiger partial charge in [-0.05, 0) is 36.8 Å². The highest BCUT2D eigenvalue weighted by atomic mass is 32.2. The van der Waals surface area contributed by atoms with Gasteiger partial charge < -0.3 is 0 Å². The summed E-state index contributed by atoms with van der Waals surface area (Å²) < 4.78 is 64.5. The number of benzene rings is 2. The van der Waals surface area contributed by atoms with Crippen molar-refractivity contribution in [3.8, 4) is 0 Å². The fraction of sp³-hybridized carbons (Fsp3) is 0.333. The summed E-state index contributed by atoms with van der Waals surface area (Å²) in [5.41, 5.74) is 2.95. The number of hydrogen-bond donors (Lipinski definition) is 1. The Morgan fingerprint density at radius 3 is 2.19 bits per heavy atom. The Hall–Kier alpha value is -2.76. The van der Waals surface area contributed by atoms with E-state index in [0.717, 1.165) is 17.7 Å². The van der Waals surface area contributed by atoms with Gasteiger partial charge in [-0.1, -0.05) is 29.8 Å². The van der Waals surface area contributed by atoms with Crippen LogP contribution in [0.25, 0.3) is 0 Å². The molecule has 1 aliphatic rings. The molecule has 0 aliphatic carbocycles. The Morgan fingerprint density at radius 1 is 1.03 bits per heavy atom. The Bertz CT molecular complexity index is 1060. The smallest absolute Gasteiger partial charge is 0.292 e. The standard InChI is InChI=1S/C21H23F3N4O3S/c1-16-2-8-19(9-3-16)32(30,31)28-12-10-27(11-13-28)15-20(29)26-25-14-17-4-6-18(7-5-17)21(22,23)24/h2-9,14H,10-13,15H2,1H3,(H,26,29)/b25-14-. The first kappa shape index (κ1) is 23.9. The molecular weight excluding hydrogens is 445 g/mol. The normalized spacial score (nSPS) is 16.4. The minimum atomic E-state index is -4.41. The lowest BCUT2D eigenvalue weighted by Gasteiger charge is -2.33. The van der Waals surface area contributed by atoms with E-state index in [9.17, 15) is 26.4 Å². The molecule has 0 saturated carbocycles. The molecule has 172 valence electrons. The number of carbonyl (C=O) groups is 1. The van der Waals surface area contributed by atoms with Crippen LogP contribution < -0.4 is 5.43 Å². The maximum absolute atomic E-state index is 12.7. The molecule has 0 bridgehead atoms. The van der Waals surface area contributed by atoms with Crippen LogP contribution >= 0.6 is 0 Å². The summed E-state index contributed by atoms with van der Waals surface area (Å²) in [5, 5.41) is 3.76. The number of hydrazone groups is 1. The van der Waals surface area contributed by atoms with Gasteiger partial charge in [0.1, 0.15) is 0 Å². The number of nitrogens with one attached hydrogen (secondary N) is 1. The van der Waals surface area contributed by atoms with Crippen LogP contribution in [0.4, 0.5) is 13.2 Å². The number of aryl methyl sites for hydroxylation is 1. The van der Waals surface area contributed by atoms with Gasteiger partial charge in [0.05, 0.1) is 23.2 Å². The number of sulfonamides is 1. The lowest BCUT2D eigenvalue weighted by Crippen LogP contribution is -2.50. The summed E-state index contributed by atoms with van der Waals surface area (Å²) in [4.78, 5) is 14.1. The van der Waals surface area contributed by atoms with Gasteiger partial charge in [-0.3, -0.25) is 9.69 Å². The molecule has 7 nitrogen and oxygen atoms in total. The average Bonchev–Trinajstić information content (AvgIpc) is 2.74.